The summed E-state index contributed by atoms with van der Waals surface area (Å²) in [5, 5.41) is 3.29. The molecule has 0 aromatic heterocycles. The number of hydrogen-bond donors (Lipinski definition) is 2. The first kappa shape index (κ1) is 19.0. The number of quaternary nitrogens is 1. The maximum absolute atomic E-state index is 12.5. The summed E-state index contributed by atoms with van der Waals surface area (Å²) in [4.78, 5) is 16.2. The molecule has 0 spiro atoms. The molecular weight excluding hydrogens is 326 g/mol. The largest absolute Gasteiger partial charge is 0.492 e. The Morgan fingerprint density at radius 2 is 1.96 bits per heavy atom. The quantitative estimate of drug-likeness (QED) is 0.808. The molecule has 1 heterocycles. The molecule has 2 aliphatic rings. The highest BCUT2D eigenvalue weighted by Gasteiger charge is 2.27. The third-order valence-electron chi connectivity index (χ3n) is 5.84. The van der Waals surface area contributed by atoms with Crippen LogP contribution in [0.1, 0.15) is 39.5 Å². The fraction of sp³-hybridized carbons (Fsp3) is 0.667. The summed E-state index contributed by atoms with van der Waals surface area (Å²) in [6.45, 7) is 9.49. The van der Waals surface area contributed by atoms with Crippen LogP contribution >= 0.6 is 0 Å². The number of nitrogens with zero attached hydrogens (tertiary/aromatic N) is 1. The topological polar surface area (TPSA) is 46.0 Å². The highest BCUT2D eigenvalue weighted by atomic mass is 16.5. The molecule has 0 radical (unpaired) electrons. The van der Waals surface area contributed by atoms with Gasteiger partial charge >= 0.3 is 0 Å². The fourth-order valence-corrected chi connectivity index (χ4v) is 4.25. The van der Waals surface area contributed by atoms with Crippen LogP contribution in [-0.4, -0.2) is 51.3 Å². The van der Waals surface area contributed by atoms with Gasteiger partial charge in [0, 0.05) is 6.04 Å². The lowest BCUT2D eigenvalue weighted by Crippen LogP contribution is -3.16. The van der Waals surface area contributed by atoms with Gasteiger partial charge in [0.25, 0.3) is 5.91 Å². The maximum atomic E-state index is 12.5. The zero-order valence-electron chi connectivity index (χ0n) is 16.3. The lowest BCUT2D eigenvalue weighted by molar-refractivity contribution is -0.892. The van der Waals surface area contributed by atoms with E-state index in [0.717, 1.165) is 38.3 Å². The number of anilines is 1. The highest BCUT2D eigenvalue weighted by molar-refractivity contribution is 5.77. The Hall–Kier alpha value is -1.75. The Kier molecular flexibility index (Phi) is 6.78. The first-order valence-corrected chi connectivity index (χ1v) is 10.3. The summed E-state index contributed by atoms with van der Waals surface area (Å²) in [5.74, 6) is 1.80. The van der Waals surface area contributed by atoms with Crippen molar-refractivity contribution in [1.82, 2.24) is 5.32 Å². The van der Waals surface area contributed by atoms with E-state index in [1.54, 1.807) is 0 Å². The second-order valence-electron chi connectivity index (χ2n) is 7.75. The maximum Gasteiger partial charge on any atom is 0.275 e. The average molecular weight is 361 g/mol. The number of piperazine rings is 1. The van der Waals surface area contributed by atoms with Gasteiger partial charge in [-0.2, -0.15) is 0 Å². The third-order valence-corrected chi connectivity index (χ3v) is 5.84. The molecular formula is C21H34N3O2+. The molecule has 1 saturated carbocycles. The van der Waals surface area contributed by atoms with E-state index >= 15 is 0 Å². The number of carbonyl (C=O) groups excluding carboxylic acids is 1. The number of carbonyl (C=O) groups is 1. The molecule has 1 aromatic carbocycles. The molecule has 5 nitrogen and oxygen atoms in total. The Labute approximate surface area is 157 Å². The van der Waals surface area contributed by atoms with Gasteiger partial charge in [-0.25, -0.2) is 0 Å². The number of benzene rings is 1. The van der Waals surface area contributed by atoms with E-state index in [2.05, 4.69) is 29.3 Å². The third kappa shape index (κ3) is 4.91. The minimum absolute atomic E-state index is 0.224. The van der Waals surface area contributed by atoms with Crippen molar-refractivity contribution in [2.45, 2.75) is 45.6 Å². The molecule has 1 aliphatic carbocycles. The van der Waals surface area contributed by atoms with E-state index in [0.29, 0.717) is 25.1 Å². The molecule has 2 atom stereocenters. The summed E-state index contributed by atoms with van der Waals surface area (Å²) in [7, 11) is 0. The number of para-hydroxylation sites is 2. The second-order valence-corrected chi connectivity index (χ2v) is 7.75. The SMILES string of the molecule is CCOc1ccccc1N1CC[NH+](CC(=O)N[C@H]2CCCC[C@H]2C)CC1. The number of rotatable bonds is 6. The Bertz CT molecular complexity index is 584. The van der Waals surface area contributed by atoms with Gasteiger partial charge in [0.05, 0.1) is 38.5 Å². The summed E-state index contributed by atoms with van der Waals surface area (Å²) < 4.78 is 5.76. The zero-order chi connectivity index (χ0) is 18.4. The molecule has 1 saturated heterocycles. The van der Waals surface area contributed by atoms with E-state index in [9.17, 15) is 4.79 Å². The number of nitrogens with one attached hydrogen (secondary N) is 2. The van der Waals surface area contributed by atoms with E-state index < -0.39 is 0 Å². The van der Waals surface area contributed by atoms with Crippen LogP contribution in [0.15, 0.2) is 24.3 Å². The van der Waals surface area contributed by atoms with Crippen LogP contribution in [0.2, 0.25) is 0 Å². The predicted octanol–water partition coefficient (Wildman–Crippen LogP) is 1.49. The lowest BCUT2D eigenvalue weighted by atomic mass is 9.86. The molecule has 1 amide bonds. The van der Waals surface area contributed by atoms with Crippen molar-refractivity contribution in [3.05, 3.63) is 24.3 Å². The monoisotopic (exact) mass is 360 g/mol. The van der Waals surface area contributed by atoms with Gasteiger partial charge in [0.2, 0.25) is 0 Å². The van der Waals surface area contributed by atoms with Gasteiger partial charge < -0.3 is 19.9 Å². The van der Waals surface area contributed by atoms with Crippen LogP contribution in [0.25, 0.3) is 0 Å². The van der Waals surface area contributed by atoms with Crippen LogP contribution < -0.4 is 19.9 Å². The second kappa shape index (κ2) is 9.26. The van der Waals surface area contributed by atoms with E-state index in [1.165, 1.54) is 29.8 Å². The average Bonchev–Trinajstić information content (AvgIpc) is 2.65. The number of hydrogen-bond acceptors (Lipinski definition) is 3. The number of amides is 1. The minimum atomic E-state index is 0.224. The van der Waals surface area contributed by atoms with Gasteiger partial charge in [0.15, 0.2) is 6.54 Å². The van der Waals surface area contributed by atoms with Gasteiger partial charge in [-0.1, -0.05) is 31.9 Å². The van der Waals surface area contributed by atoms with Crippen molar-refractivity contribution in [2.75, 3.05) is 44.2 Å². The molecule has 1 aliphatic heterocycles. The molecule has 2 fully saturated rings. The molecule has 5 heteroatoms. The normalized spacial score (nSPS) is 24.3. The first-order chi connectivity index (χ1) is 12.7. The van der Waals surface area contributed by atoms with Crippen molar-refractivity contribution < 1.29 is 14.4 Å². The summed E-state index contributed by atoms with van der Waals surface area (Å²) in [5.41, 5.74) is 1.17. The smallest absolute Gasteiger partial charge is 0.275 e. The highest BCUT2D eigenvalue weighted by Crippen LogP contribution is 2.27. The summed E-state index contributed by atoms with van der Waals surface area (Å²) in [6, 6.07) is 8.64. The lowest BCUT2D eigenvalue weighted by Gasteiger charge is -2.35. The van der Waals surface area contributed by atoms with Crippen LogP contribution in [0.5, 0.6) is 5.75 Å². The molecule has 0 unspecified atom stereocenters. The molecule has 1 aromatic rings. The van der Waals surface area contributed by atoms with Crippen LogP contribution in [0, 0.1) is 5.92 Å². The van der Waals surface area contributed by atoms with Gasteiger partial charge in [-0.05, 0) is 37.8 Å². The van der Waals surface area contributed by atoms with Crippen molar-refractivity contribution in [3.63, 3.8) is 0 Å². The standard InChI is InChI=1S/C21H33N3O2/c1-3-26-20-11-7-6-10-19(20)24-14-12-23(13-15-24)16-21(25)22-18-9-5-4-8-17(18)2/h6-7,10-11,17-18H,3-5,8-9,12-16H2,1-2H3,(H,22,25)/p+1/t17-,18+/m1/s1. The Balaban J connectivity index is 1.47. The zero-order valence-corrected chi connectivity index (χ0v) is 16.3. The predicted molar refractivity (Wildman–Crippen MR) is 105 cm³/mol. The Morgan fingerprint density at radius 3 is 2.69 bits per heavy atom. The van der Waals surface area contributed by atoms with Crippen molar-refractivity contribution in [1.29, 1.82) is 0 Å². The van der Waals surface area contributed by atoms with Crippen molar-refractivity contribution in [2.24, 2.45) is 5.92 Å². The van der Waals surface area contributed by atoms with E-state index in [1.807, 2.05) is 19.1 Å². The van der Waals surface area contributed by atoms with Crippen molar-refractivity contribution >= 4 is 11.6 Å². The van der Waals surface area contributed by atoms with Crippen LogP contribution in [0.4, 0.5) is 5.69 Å². The molecule has 26 heavy (non-hydrogen) atoms. The molecule has 2 N–H and O–H groups in total. The van der Waals surface area contributed by atoms with Crippen LogP contribution in [-0.2, 0) is 4.79 Å². The summed E-state index contributed by atoms with van der Waals surface area (Å²) >= 11 is 0. The minimum Gasteiger partial charge on any atom is -0.492 e. The first-order valence-electron chi connectivity index (χ1n) is 10.3. The van der Waals surface area contributed by atoms with Gasteiger partial charge in [-0.3, -0.25) is 4.79 Å². The number of ether oxygens (including phenoxy) is 1. The summed E-state index contributed by atoms with van der Waals surface area (Å²) in [6.07, 6.45) is 4.95. The molecule has 3 rings (SSSR count). The van der Waals surface area contributed by atoms with Gasteiger partial charge in [-0.15, -0.1) is 0 Å². The van der Waals surface area contributed by atoms with Crippen molar-refractivity contribution in [3.8, 4) is 5.75 Å². The fourth-order valence-electron chi connectivity index (χ4n) is 4.25. The van der Waals surface area contributed by atoms with Gasteiger partial charge in [0.1, 0.15) is 5.75 Å². The molecule has 0 bridgehead atoms. The molecule has 144 valence electrons. The van der Waals surface area contributed by atoms with Crippen LogP contribution in [0.3, 0.4) is 0 Å². The Morgan fingerprint density at radius 1 is 1.23 bits per heavy atom. The van der Waals surface area contributed by atoms with E-state index in [-0.39, 0.29) is 5.91 Å². The van der Waals surface area contributed by atoms with E-state index in [4.69, 9.17) is 4.74 Å².